The predicted molar refractivity (Wildman–Crippen MR) is 51.6 cm³/mol. The van der Waals surface area contributed by atoms with Crippen LogP contribution in [0.2, 0.25) is 0 Å². The van der Waals surface area contributed by atoms with Gasteiger partial charge < -0.3 is 5.43 Å². The van der Waals surface area contributed by atoms with E-state index in [2.05, 4.69) is 29.7 Å². The van der Waals surface area contributed by atoms with Gasteiger partial charge in [0.25, 0.3) is 0 Å². The smallest absolute Gasteiger partial charge is 0.0488 e. The van der Waals surface area contributed by atoms with Crippen molar-refractivity contribution in [2.45, 2.75) is 12.8 Å². The van der Waals surface area contributed by atoms with Crippen molar-refractivity contribution in [1.82, 2.24) is 0 Å². The maximum Gasteiger partial charge on any atom is 0.0488 e. The lowest BCUT2D eigenvalue weighted by atomic mass is 9.97. The molecule has 0 amide bonds. The summed E-state index contributed by atoms with van der Waals surface area (Å²) >= 11 is 0. The molecule has 1 aliphatic rings. The van der Waals surface area contributed by atoms with Gasteiger partial charge in [-0.2, -0.15) is 0 Å². The van der Waals surface area contributed by atoms with Crippen molar-refractivity contribution in [1.29, 1.82) is 0 Å². The zero-order chi connectivity index (χ0) is 8.39. The highest BCUT2D eigenvalue weighted by atomic mass is 15.2. The summed E-state index contributed by atoms with van der Waals surface area (Å²) in [5.41, 5.74) is 6.34. The summed E-state index contributed by atoms with van der Waals surface area (Å²) in [6.07, 6.45) is 6.64. The van der Waals surface area contributed by atoms with Gasteiger partial charge in [-0.3, -0.25) is 5.84 Å². The molecule has 0 atom stereocenters. The summed E-state index contributed by atoms with van der Waals surface area (Å²) in [7, 11) is 0. The van der Waals surface area contributed by atoms with Crippen molar-refractivity contribution in [3.05, 3.63) is 35.4 Å². The Balaban J connectivity index is 2.44. The minimum absolute atomic E-state index is 0.990. The average Bonchev–Trinajstić information content (AvgIpc) is 2.17. The van der Waals surface area contributed by atoms with Gasteiger partial charge in [0.2, 0.25) is 0 Å². The van der Waals surface area contributed by atoms with E-state index in [1.807, 2.05) is 6.07 Å². The van der Waals surface area contributed by atoms with Crippen molar-refractivity contribution in [3.8, 4) is 0 Å². The molecule has 1 aromatic rings. The van der Waals surface area contributed by atoms with Crippen LogP contribution in [0, 0.1) is 0 Å². The van der Waals surface area contributed by atoms with Gasteiger partial charge in [0, 0.05) is 5.69 Å². The topological polar surface area (TPSA) is 38.0 Å². The molecule has 0 aromatic heterocycles. The molecule has 3 N–H and O–H groups in total. The molecule has 2 rings (SSSR count). The lowest BCUT2D eigenvalue weighted by Gasteiger charge is -2.11. The Hall–Kier alpha value is -1.28. The fourth-order valence-corrected chi connectivity index (χ4v) is 1.52. The van der Waals surface area contributed by atoms with Crippen LogP contribution in [0.25, 0.3) is 6.08 Å². The van der Waals surface area contributed by atoms with E-state index in [0.29, 0.717) is 0 Å². The first kappa shape index (κ1) is 7.37. The van der Waals surface area contributed by atoms with Crippen LogP contribution < -0.4 is 11.3 Å². The SMILES string of the molecule is NNc1ccc2c(c1)CCC=C2. The third-order valence-electron chi connectivity index (χ3n) is 2.19. The monoisotopic (exact) mass is 160 g/mol. The molecule has 0 saturated heterocycles. The number of anilines is 1. The number of nitrogen functional groups attached to an aromatic ring is 1. The van der Waals surface area contributed by atoms with Gasteiger partial charge in [0.15, 0.2) is 0 Å². The molecule has 0 saturated carbocycles. The molecule has 0 radical (unpaired) electrons. The fourth-order valence-electron chi connectivity index (χ4n) is 1.52. The normalized spacial score (nSPS) is 14.1. The van der Waals surface area contributed by atoms with Crippen LogP contribution >= 0.6 is 0 Å². The Kier molecular flexibility index (Phi) is 1.84. The van der Waals surface area contributed by atoms with Crippen molar-refractivity contribution in [2.24, 2.45) is 5.84 Å². The Morgan fingerprint density at radius 2 is 2.25 bits per heavy atom. The minimum Gasteiger partial charge on any atom is -0.324 e. The van der Waals surface area contributed by atoms with Crippen LogP contribution in [0.3, 0.4) is 0 Å². The van der Waals surface area contributed by atoms with E-state index < -0.39 is 0 Å². The second kappa shape index (κ2) is 2.99. The molecule has 0 spiro atoms. The number of hydrogen-bond acceptors (Lipinski definition) is 2. The quantitative estimate of drug-likeness (QED) is 0.486. The van der Waals surface area contributed by atoms with Crippen LogP contribution in [-0.4, -0.2) is 0 Å². The van der Waals surface area contributed by atoms with E-state index in [-0.39, 0.29) is 0 Å². The second-order valence-electron chi connectivity index (χ2n) is 3.00. The summed E-state index contributed by atoms with van der Waals surface area (Å²) < 4.78 is 0. The molecule has 0 unspecified atom stereocenters. The molecule has 1 aromatic carbocycles. The number of fused-ring (bicyclic) bond motifs is 1. The lowest BCUT2D eigenvalue weighted by Crippen LogP contribution is -2.07. The highest BCUT2D eigenvalue weighted by molar-refractivity contribution is 5.61. The van der Waals surface area contributed by atoms with Gasteiger partial charge in [-0.1, -0.05) is 18.2 Å². The van der Waals surface area contributed by atoms with Crippen molar-refractivity contribution >= 4 is 11.8 Å². The van der Waals surface area contributed by atoms with E-state index in [1.54, 1.807) is 0 Å². The molecule has 0 bridgehead atoms. The van der Waals surface area contributed by atoms with Gasteiger partial charge in [-0.15, -0.1) is 0 Å². The van der Waals surface area contributed by atoms with Gasteiger partial charge in [0.05, 0.1) is 0 Å². The van der Waals surface area contributed by atoms with Crippen LogP contribution in [0.15, 0.2) is 24.3 Å². The molecule has 1 aliphatic carbocycles. The van der Waals surface area contributed by atoms with E-state index in [9.17, 15) is 0 Å². The molecule has 12 heavy (non-hydrogen) atoms. The van der Waals surface area contributed by atoms with E-state index in [1.165, 1.54) is 11.1 Å². The molecule has 0 heterocycles. The highest BCUT2D eigenvalue weighted by Crippen LogP contribution is 2.21. The van der Waals surface area contributed by atoms with E-state index in [4.69, 9.17) is 5.84 Å². The number of nitrogens with two attached hydrogens (primary N) is 1. The van der Waals surface area contributed by atoms with Crippen LogP contribution in [0.4, 0.5) is 5.69 Å². The number of benzene rings is 1. The molecule has 0 fully saturated rings. The summed E-state index contributed by atoms with van der Waals surface area (Å²) in [6.45, 7) is 0. The number of hydrogen-bond donors (Lipinski definition) is 2. The largest absolute Gasteiger partial charge is 0.324 e. The highest BCUT2D eigenvalue weighted by Gasteiger charge is 2.03. The van der Waals surface area contributed by atoms with E-state index >= 15 is 0 Å². The average molecular weight is 160 g/mol. The third-order valence-corrected chi connectivity index (χ3v) is 2.19. The van der Waals surface area contributed by atoms with Gasteiger partial charge in [0.1, 0.15) is 0 Å². The van der Waals surface area contributed by atoms with Crippen LogP contribution in [-0.2, 0) is 6.42 Å². The van der Waals surface area contributed by atoms with Crippen molar-refractivity contribution in [2.75, 3.05) is 5.43 Å². The standard InChI is InChI=1S/C10H12N2/c11-12-10-6-5-8-3-1-2-4-9(8)7-10/h1,3,5-7,12H,2,4,11H2. The molecule has 2 nitrogen and oxygen atoms in total. The number of rotatable bonds is 1. The van der Waals surface area contributed by atoms with E-state index in [0.717, 1.165) is 18.5 Å². The summed E-state index contributed by atoms with van der Waals surface area (Å²) in [5.74, 6) is 5.31. The first-order valence-electron chi connectivity index (χ1n) is 4.16. The Morgan fingerprint density at radius 3 is 3.08 bits per heavy atom. The first-order chi connectivity index (χ1) is 5.90. The maximum absolute atomic E-state index is 5.31. The zero-order valence-corrected chi connectivity index (χ0v) is 6.88. The van der Waals surface area contributed by atoms with Gasteiger partial charge in [-0.05, 0) is 36.1 Å². The van der Waals surface area contributed by atoms with Crippen LogP contribution in [0.5, 0.6) is 0 Å². The van der Waals surface area contributed by atoms with Crippen molar-refractivity contribution in [3.63, 3.8) is 0 Å². The molecule has 0 aliphatic heterocycles. The minimum atomic E-state index is 0.990. The lowest BCUT2D eigenvalue weighted by molar-refractivity contribution is 0.985. The summed E-state index contributed by atoms with van der Waals surface area (Å²) in [5, 5.41) is 0. The second-order valence-corrected chi connectivity index (χ2v) is 3.00. The molecular formula is C10H12N2. The van der Waals surface area contributed by atoms with Gasteiger partial charge >= 0.3 is 0 Å². The van der Waals surface area contributed by atoms with Gasteiger partial charge in [-0.25, -0.2) is 0 Å². The first-order valence-corrected chi connectivity index (χ1v) is 4.16. The maximum atomic E-state index is 5.31. The Morgan fingerprint density at radius 1 is 1.33 bits per heavy atom. The van der Waals surface area contributed by atoms with Crippen molar-refractivity contribution < 1.29 is 0 Å². The summed E-state index contributed by atoms with van der Waals surface area (Å²) in [6, 6.07) is 6.20. The Bertz CT molecular complexity index is 316. The number of allylic oxidation sites excluding steroid dienone is 1. The number of aryl methyl sites for hydroxylation is 1. The number of nitrogens with one attached hydrogen (secondary N) is 1. The molecule has 62 valence electrons. The Labute approximate surface area is 72.1 Å². The molecular weight excluding hydrogens is 148 g/mol. The third kappa shape index (κ3) is 1.21. The summed E-state index contributed by atoms with van der Waals surface area (Å²) in [4.78, 5) is 0. The van der Waals surface area contributed by atoms with Crippen LogP contribution in [0.1, 0.15) is 17.5 Å². The fraction of sp³-hybridized carbons (Fsp3) is 0.200. The predicted octanol–water partition coefficient (Wildman–Crippen LogP) is 1.93. The number of hydrazine groups is 1. The zero-order valence-electron chi connectivity index (χ0n) is 6.88. The molecule has 2 heteroatoms.